The zero-order valence-electron chi connectivity index (χ0n) is 11.8. The maximum Gasteiger partial charge on any atom is 0.265 e. The summed E-state index contributed by atoms with van der Waals surface area (Å²) in [5.74, 6) is -0.578. The summed E-state index contributed by atoms with van der Waals surface area (Å²) in [7, 11) is 0. The first-order valence-corrected chi connectivity index (χ1v) is 7.83. The van der Waals surface area contributed by atoms with Crippen molar-refractivity contribution in [3.8, 4) is 11.3 Å². The van der Waals surface area contributed by atoms with Crippen LogP contribution < -0.4 is 11.1 Å². The Hall–Kier alpha value is -1.99. The number of carbonyl (C=O) groups excluding carboxylic acids is 1. The van der Waals surface area contributed by atoms with Gasteiger partial charge in [0.1, 0.15) is 16.4 Å². The molecular formula is C15H16FN3O2S. The van der Waals surface area contributed by atoms with E-state index in [1.807, 2.05) is 0 Å². The number of hydrogen-bond acceptors (Lipinski definition) is 5. The van der Waals surface area contributed by atoms with Crippen LogP contribution >= 0.6 is 11.5 Å². The van der Waals surface area contributed by atoms with Crippen LogP contribution in [0.2, 0.25) is 0 Å². The number of nitrogens with two attached hydrogens (primary N) is 1. The van der Waals surface area contributed by atoms with Crippen molar-refractivity contribution in [2.75, 3.05) is 18.9 Å². The number of carbonyl (C=O) groups is 1. The number of aromatic nitrogens is 1. The molecule has 1 aromatic heterocycles. The van der Waals surface area contributed by atoms with E-state index in [1.165, 1.54) is 12.1 Å². The summed E-state index contributed by atoms with van der Waals surface area (Å²) in [5, 5.41) is 2.82. The van der Waals surface area contributed by atoms with E-state index in [-0.39, 0.29) is 17.8 Å². The molecule has 1 fully saturated rings. The van der Waals surface area contributed by atoms with Gasteiger partial charge in [-0.3, -0.25) is 4.79 Å². The van der Waals surface area contributed by atoms with E-state index in [4.69, 9.17) is 10.5 Å². The van der Waals surface area contributed by atoms with Gasteiger partial charge in [-0.1, -0.05) is 0 Å². The molecule has 2 aromatic rings. The standard InChI is InChI=1S/C15H16FN3O2S/c16-10-5-3-9(4-6-10)13-12(17)14(22-19-13)15(20)18-8-11-2-1-7-21-11/h3-6,11H,1-2,7-8,17H2,(H,18,20). The van der Waals surface area contributed by atoms with Crippen LogP contribution in [-0.4, -0.2) is 29.5 Å². The summed E-state index contributed by atoms with van der Waals surface area (Å²) in [6, 6.07) is 5.86. The van der Waals surface area contributed by atoms with Gasteiger partial charge in [-0.25, -0.2) is 4.39 Å². The summed E-state index contributed by atoms with van der Waals surface area (Å²) in [6.45, 7) is 1.22. The number of nitrogens with one attached hydrogen (secondary N) is 1. The summed E-state index contributed by atoms with van der Waals surface area (Å²) >= 11 is 1.04. The second-order valence-corrected chi connectivity index (χ2v) is 5.90. The molecule has 22 heavy (non-hydrogen) atoms. The number of nitrogen functional groups attached to an aromatic ring is 1. The molecule has 1 saturated heterocycles. The van der Waals surface area contributed by atoms with Crippen LogP contribution in [0.3, 0.4) is 0 Å². The lowest BCUT2D eigenvalue weighted by Gasteiger charge is -2.10. The summed E-state index contributed by atoms with van der Waals surface area (Å²) < 4.78 is 22.6. The third-order valence-corrected chi connectivity index (χ3v) is 4.43. The van der Waals surface area contributed by atoms with Crippen LogP contribution in [0.5, 0.6) is 0 Å². The molecule has 7 heteroatoms. The summed E-state index contributed by atoms with van der Waals surface area (Å²) in [4.78, 5) is 12.6. The normalized spacial score (nSPS) is 17.6. The molecule has 0 radical (unpaired) electrons. The van der Waals surface area contributed by atoms with Gasteiger partial charge in [0.2, 0.25) is 0 Å². The topological polar surface area (TPSA) is 77.2 Å². The Bertz CT molecular complexity index is 666. The number of amides is 1. The number of rotatable bonds is 4. The van der Waals surface area contributed by atoms with Gasteiger partial charge in [0.05, 0.1) is 11.8 Å². The van der Waals surface area contributed by atoms with Crippen molar-refractivity contribution in [3.63, 3.8) is 0 Å². The SMILES string of the molecule is Nc1c(-c2ccc(F)cc2)nsc1C(=O)NCC1CCCO1. The van der Waals surface area contributed by atoms with E-state index in [2.05, 4.69) is 9.69 Å². The third-order valence-electron chi connectivity index (χ3n) is 3.57. The number of halogens is 1. The fourth-order valence-electron chi connectivity index (χ4n) is 2.37. The van der Waals surface area contributed by atoms with E-state index >= 15 is 0 Å². The number of benzene rings is 1. The smallest absolute Gasteiger partial charge is 0.265 e. The Balaban J connectivity index is 1.72. The number of nitrogens with zero attached hydrogens (tertiary/aromatic N) is 1. The van der Waals surface area contributed by atoms with E-state index in [1.54, 1.807) is 12.1 Å². The highest BCUT2D eigenvalue weighted by Gasteiger charge is 2.21. The van der Waals surface area contributed by atoms with Crippen LogP contribution in [0.15, 0.2) is 24.3 Å². The summed E-state index contributed by atoms with van der Waals surface area (Å²) in [6.07, 6.45) is 2.06. The first-order chi connectivity index (χ1) is 10.6. The molecule has 3 rings (SSSR count). The van der Waals surface area contributed by atoms with Gasteiger partial charge in [0.25, 0.3) is 5.91 Å². The maximum absolute atomic E-state index is 13.0. The van der Waals surface area contributed by atoms with Crippen molar-refractivity contribution in [1.82, 2.24) is 9.69 Å². The van der Waals surface area contributed by atoms with Crippen LogP contribution in [0.1, 0.15) is 22.5 Å². The van der Waals surface area contributed by atoms with E-state index < -0.39 is 0 Å². The number of ether oxygens (including phenoxy) is 1. The minimum Gasteiger partial charge on any atom is -0.396 e. The maximum atomic E-state index is 13.0. The highest BCUT2D eigenvalue weighted by Crippen LogP contribution is 2.30. The van der Waals surface area contributed by atoms with Crippen molar-refractivity contribution < 1.29 is 13.9 Å². The Labute approximate surface area is 131 Å². The lowest BCUT2D eigenvalue weighted by Crippen LogP contribution is -2.31. The van der Waals surface area contributed by atoms with Gasteiger partial charge >= 0.3 is 0 Å². The van der Waals surface area contributed by atoms with Crippen molar-refractivity contribution in [2.24, 2.45) is 0 Å². The van der Waals surface area contributed by atoms with Crippen molar-refractivity contribution in [3.05, 3.63) is 35.0 Å². The fraction of sp³-hybridized carbons (Fsp3) is 0.333. The van der Waals surface area contributed by atoms with Crippen LogP contribution in [-0.2, 0) is 4.74 Å². The Morgan fingerprint density at radius 3 is 2.91 bits per heavy atom. The molecule has 0 bridgehead atoms. The Morgan fingerprint density at radius 1 is 1.45 bits per heavy atom. The molecule has 0 spiro atoms. The minimum atomic E-state index is -0.327. The van der Waals surface area contributed by atoms with E-state index in [9.17, 15) is 9.18 Å². The quantitative estimate of drug-likeness (QED) is 0.907. The highest BCUT2D eigenvalue weighted by atomic mass is 32.1. The zero-order chi connectivity index (χ0) is 15.5. The van der Waals surface area contributed by atoms with E-state index in [0.29, 0.717) is 28.4 Å². The Morgan fingerprint density at radius 2 is 2.23 bits per heavy atom. The molecule has 2 heterocycles. The number of anilines is 1. The van der Waals surface area contributed by atoms with Gasteiger partial charge in [0, 0.05) is 18.7 Å². The van der Waals surface area contributed by atoms with Crippen molar-refractivity contribution >= 4 is 23.1 Å². The molecular weight excluding hydrogens is 305 g/mol. The summed E-state index contributed by atoms with van der Waals surface area (Å²) in [5.41, 5.74) is 7.54. The largest absolute Gasteiger partial charge is 0.396 e. The number of hydrogen-bond donors (Lipinski definition) is 2. The molecule has 1 unspecified atom stereocenters. The van der Waals surface area contributed by atoms with Crippen molar-refractivity contribution in [1.29, 1.82) is 0 Å². The molecule has 3 N–H and O–H groups in total. The molecule has 1 aromatic carbocycles. The molecule has 0 aliphatic carbocycles. The molecule has 116 valence electrons. The van der Waals surface area contributed by atoms with Gasteiger partial charge < -0.3 is 15.8 Å². The highest BCUT2D eigenvalue weighted by molar-refractivity contribution is 7.09. The monoisotopic (exact) mass is 321 g/mol. The molecule has 5 nitrogen and oxygen atoms in total. The van der Waals surface area contributed by atoms with Crippen LogP contribution in [0.4, 0.5) is 10.1 Å². The lowest BCUT2D eigenvalue weighted by atomic mass is 10.1. The molecule has 1 aliphatic heterocycles. The van der Waals surface area contributed by atoms with Gasteiger partial charge in [-0.05, 0) is 48.6 Å². The first-order valence-electron chi connectivity index (χ1n) is 7.06. The minimum absolute atomic E-state index is 0.0784. The zero-order valence-corrected chi connectivity index (χ0v) is 12.7. The third kappa shape index (κ3) is 3.10. The van der Waals surface area contributed by atoms with Crippen LogP contribution in [0.25, 0.3) is 11.3 Å². The lowest BCUT2D eigenvalue weighted by molar-refractivity contribution is 0.0861. The molecule has 1 aliphatic rings. The van der Waals surface area contributed by atoms with E-state index in [0.717, 1.165) is 31.0 Å². The second-order valence-electron chi connectivity index (χ2n) is 5.13. The molecule has 0 saturated carbocycles. The predicted octanol–water partition coefficient (Wildman–Crippen LogP) is 2.44. The average Bonchev–Trinajstić information content (AvgIpc) is 3.15. The molecule has 1 amide bonds. The Kier molecular flexibility index (Phi) is 4.35. The average molecular weight is 321 g/mol. The molecule has 1 atom stereocenters. The fourth-order valence-corrected chi connectivity index (χ4v) is 3.11. The van der Waals surface area contributed by atoms with Crippen molar-refractivity contribution in [2.45, 2.75) is 18.9 Å². The predicted molar refractivity (Wildman–Crippen MR) is 83.2 cm³/mol. The second kappa shape index (κ2) is 6.41. The van der Waals surface area contributed by atoms with Gasteiger partial charge in [-0.2, -0.15) is 4.37 Å². The van der Waals surface area contributed by atoms with Gasteiger partial charge in [0.15, 0.2) is 0 Å². The first kappa shape index (κ1) is 14.9. The van der Waals surface area contributed by atoms with Crippen LogP contribution in [0, 0.1) is 5.82 Å². The van der Waals surface area contributed by atoms with Gasteiger partial charge in [-0.15, -0.1) is 0 Å².